The van der Waals surface area contributed by atoms with E-state index in [2.05, 4.69) is 10.6 Å². The van der Waals surface area contributed by atoms with Crippen molar-refractivity contribution in [3.8, 4) is 28.7 Å². The smallest absolute Gasteiger partial charge is 0.258 e. The lowest BCUT2D eigenvalue weighted by Gasteiger charge is -2.39. The van der Waals surface area contributed by atoms with Crippen LogP contribution < -0.4 is 34.3 Å². The molecule has 3 aliphatic heterocycles. The summed E-state index contributed by atoms with van der Waals surface area (Å²) >= 11 is 6.46. The lowest BCUT2D eigenvalue weighted by Crippen LogP contribution is -2.58. The third-order valence-electron chi connectivity index (χ3n) is 7.76. The van der Waals surface area contributed by atoms with Crippen molar-refractivity contribution in [3.63, 3.8) is 0 Å². The third kappa shape index (κ3) is 7.01. The first-order chi connectivity index (χ1) is 21.7. The molecule has 0 unspecified atom stereocenters. The van der Waals surface area contributed by atoms with Crippen molar-refractivity contribution >= 4 is 29.3 Å². The number of likely N-dealkylation sites (tertiary alicyclic amines) is 1. The SMILES string of the molecule is COc1ccc2cc1OCC(=O)N[C@@H]1CN(C(=O)Cc3cc4c(cc3Cl)OCCO4)CC[C@@H]1Oc1cc(F)cc(c1)CNC2=O. The summed E-state index contributed by atoms with van der Waals surface area (Å²) in [4.78, 5) is 41.1. The first-order valence-corrected chi connectivity index (χ1v) is 14.8. The third-order valence-corrected chi connectivity index (χ3v) is 8.11. The van der Waals surface area contributed by atoms with Crippen molar-refractivity contribution < 1.29 is 42.5 Å². The fraction of sp³-hybridized carbons (Fsp3) is 0.344. The minimum atomic E-state index is -0.651. The fourth-order valence-electron chi connectivity index (χ4n) is 5.53. The highest BCUT2D eigenvalue weighted by Crippen LogP contribution is 2.36. The number of hydrogen-bond donors (Lipinski definition) is 2. The highest BCUT2D eigenvalue weighted by Gasteiger charge is 2.35. The van der Waals surface area contributed by atoms with Gasteiger partial charge in [-0.3, -0.25) is 14.4 Å². The Hall–Kier alpha value is -4.71. The van der Waals surface area contributed by atoms with E-state index in [0.717, 1.165) is 0 Å². The number of amides is 3. The van der Waals surface area contributed by atoms with Crippen molar-refractivity contribution in [2.75, 3.05) is 40.0 Å². The lowest BCUT2D eigenvalue weighted by atomic mass is 10.00. The number of methoxy groups -OCH3 is 1. The van der Waals surface area contributed by atoms with Gasteiger partial charge in [0, 0.05) is 48.8 Å². The van der Waals surface area contributed by atoms with Crippen LogP contribution in [0.25, 0.3) is 0 Å². The number of halogens is 2. The van der Waals surface area contributed by atoms with Crippen LogP contribution in [0.4, 0.5) is 4.39 Å². The first kappa shape index (κ1) is 30.3. The predicted octanol–water partition coefficient (Wildman–Crippen LogP) is 3.29. The van der Waals surface area contributed by atoms with E-state index in [9.17, 15) is 18.8 Å². The Balaban J connectivity index is 1.24. The molecule has 2 N–H and O–H groups in total. The Morgan fingerprint density at radius 3 is 2.64 bits per heavy atom. The van der Waals surface area contributed by atoms with Gasteiger partial charge < -0.3 is 39.2 Å². The van der Waals surface area contributed by atoms with Crippen molar-refractivity contribution in [2.45, 2.75) is 31.5 Å². The van der Waals surface area contributed by atoms with Crippen LogP contribution in [-0.4, -0.2) is 74.8 Å². The van der Waals surface area contributed by atoms with Gasteiger partial charge in [-0.15, -0.1) is 0 Å². The van der Waals surface area contributed by atoms with Crippen LogP contribution in [0.2, 0.25) is 5.02 Å². The van der Waals surface area contributed by atoms with Crippen molar-refractivity contribution in [2.24, 2.45) is 0 Å². The molecule has 3 amide bonds. The van der Waals surface area contributed by atoms with E-state index in [0.29, 0.717) is 59.6 Å². The largest absolute Gasteiger partial charge is 0.493 e. The monoisotopic (exact) mass is 639 g/mol. The molecular formula is C32H31ClFN3O8. The van der Waals surface area contributed by atoms with E-state index in [-0.39, 0.29) is 42.5 Å². The molecule has 2 atom stereocenters. The van der Waals surface area contributed by atoms with Crippen LogP contribution in [0.3, 0.4) is 0 Å². The molecule has 3 aliphatic rings. The van der Waals surface area contributed by atoms with Gasteiger partial charge in [-0.2, -0.15) is 0 Å². The molecule has 0 aliphatic carbocycles. The number of fused-ring (bicyclic) bond motifs is 6. The molecule has 11 nitrogen and oxygen atoms in total. The molecule has 0 aromatic heterocycles. The van der Waals surface area contributed by atoms with E-state index >= 15 is 0 Å². The van der Waals surface area contributed by atoms with E-state index in [1.54, 1.807) is 35.2 Å². The van der Waals surface area contributed by atoms with Gasteiger partial charge >= 0.3 is 0 Å². The number of benzene rings is 3. The summed E-state index contributed by atoms with van der Waals surface area (Å²) in [6.45, 7) is 0.940. The van der Waals surface area contributed by atoms with Crippen LogP contribution in [-0.2, 0) is 22.6 Å². The van der Waals surface area contributed by atoms with E-state index < -0.39 is 36.4 Å². The van der Waals surface area contributed by atoms with Gasteiger partial charge in [0.05, 0.1) is 19.6 Å². The Morgan fingerprint density at radius 1 is 1.04 bits per heavy atom. The summed E-state index contributed by atoms with van der Waals surface area (Å²) in [7, 11) is 1.45. The number of carbonyl (C=O) groups is 3. The van der Waals surface area contributed by atoms with Crippen LogP contribution in [0.1, 0.15) is 27.9 Å². The second-order valence-electron chi connectivity index (χ2n) is 10.9. The molecule has 0 spiro atoms. The molecule has 1 saturated heterocycles. The van der Waals surface area contributed by atoms with Crippen LogP contribution in [0.5, 0.6) is 28.7 Å². The zero-order valence-electron chi connectivity index (χ0n) is 24.4. The van der Waals surface area contributed by atoms with Gasteiger partial charge in [0.15, 0.2) is 29.6 Å². The molecule has 1 fully saturated rings. The maximum Gasteiger partial charge on any atom is 0.258 e. The van der Waals surface area contributed by atoms with Crippen molar-refractivity contribution in [1.82, 2.24) is 15.5 Å². The zero-order valence-corrected chi connectivity index (χ0v) is 25.2. The van der Waals surface area contributed by atoms with Gasteiger partial charge in [-0.05, 0) is 47.5 Å². The molecule has 3 heterocycles. The highest BCUT2D eigenvalue weighted by molar-refractivity contribution is 6.31. The second kappa shape index (κ2) is 13.1. The van der Waals surface area contributed by atoms with Crippen molar-refractivity contribution in [3.05, 3.63) is 76.1 Å². The van der Waals surface area contributed by atoms with Gasteiger partial charge in [0.25, 0.3) is 11.8 Å². The Morgan fingerprint density at radius 2 is 1.84 bits per heavy atom. The first-order valence-electron chi connectivity index (χ1n) is 14.5. The van der Waals surface area contributed by atoms with Crippen molar-refractivity contribution in [1.29, 1.82) is 0 Å². The molecule has 0 saturated carbocycles. The fourth-order valence-corrected chi connectivity index (χ4v) is 5.75. The Labute approximate surface area is 263 Å². The number of rotatable bonds is 3. The summed E-state index contributed by atoms with van der Waals surface area (Å²) in [5.41, 5.74) is 1.35. The van der Waals surface area contributed by atoms with E-state index in [1.165, 1.54) is 25.3 Å². The Bertz CT molecular complexity index is 1640. The van der Waals surface area contributed by atoms with Gasteiger partial charge in [0.2, 0.25) is 5.91 Å². The minimum Gasteiger partial charge on any atom is -0.493 e. The summed E-state index contributed by atoms with van der Waals surface area (Å²) < 4.78 is 43.1. The van der Waals surface area contributed by atoms with Gasteiger partial charge in [0.1, 0.15) is 30.9 Å². The van der Waals surface area contributed by atoms with Gasteiger partial charge in [-0.1, -0.05) is 11.6 Å². The molecule has 3 aromatic rings. The molecule has 4 bridgehead atoms. The van der Waals surface area contributed by atoms with Gasteiger partial charge in [-0.25, -0.2) is 4.39 Å². The normalized spacial score (nSPS) is 19.7. The highest BCUT2D eigenvalue weighted by atomic mass is 35.5. The minimum absolute atomic E-state index is 0.0138. The number of ether oxygens (including phenoxy) is 5. The Kier molecular flexibility index (Phi) is 8.83. The molecule has 6 rings (SSSR count). The summed E-state index contributed by atoms with van der Waals surface area (Å²) in [5.74, 6) is 0.194. The number of carbonyl (C=O) groups excluding carboxylic acids is 3. The van der Waals surface area contributed by atoms with Crippen LogP contribution in [0.15, 0.2) is 48.5 Å². The molecular weight excluding hydrogens is 609 g/mol. The molecule has 13 heteroatoms. The maximum absolute atomic E-state index is 14.6. The molecule has 45 heavy (non-hydrogen) atoms. The summed E-state index contributed by atoms with van der Waals surface area (Å²) in [6.07, 6.45) is -0.226. The quantitative estimate of drug-likeness (QED) is 0.448. The summed E-state index contributed by atoms with van der Waals surface area (Å²) in [6, 6.07) is 11.5. The van der Waals surface area contributed by atoms with Crippen LogP contribution in [0, 0.1) is 5.82 Å². The summed E-state index contributed by atoms with van der Waals surface area (Å²) in [5, 5.41) is 6.07. The predicted molar refractivity (Wildman–Crippen MR) is 160 cm³/mol. The van der Waals surface area contributed by atoms with E-state index in [4.69, 9.17) is 35.3 Å². The second-order valence-corrected chi connectivity index (χ2v) is 11.3. The topological polar surface area (TPSA) is 125 Å². The molecule has 0 radical (unpaired) electrons. The van der Waals surface area contributed by atoms with E-state index in [1.807, 2.05) is 0 Å². The zero-order chi connectivity index (χ0) is 31.5. The average Bonchev–Trinajstić information content (AvgIpc) is 3.03. The number of nitrogens with one attached hydrogen (secondary N) is 2. The molecule has 236 valence electrons. The standard InChI is InChI=1S/C32H31ClFN3O8/c1-41-26-3-2-19-10-27(26)44-17-30(38)36-24-16-37(31(39)12-20-11-28-29(14-23(20)33)43-7-6-42-28)5-4-25(24)45-22-9-18(8-21(34)13-22)15-35-32(19)40/h2-3,8-11,13-14,24-25H,4-7,12,15-17H2,1H3,(H,35,40)(H,36,38)/t24-,25+/m1/s1. The molecule has 3 aromatic carbocycles. The lowest BCUT2D eigenvalue weighted by molar-refractivity contribution is -0.135. The maximum atomic E-state index is 14.6. The average molecular weight is 640 g/mol. The number of piperidine rings is 1. The van der Waals surface area contributed by atoms with Crippen LogP contribution >= 0.6 is 11.6 Å². The number of nitrogens with zero attached hydrogens (tertiary/aromatic N) is 1. The number of hydrogen-bond acceptors (Lipinski definition) is 8.